The second kappa shape index (κ2) is 7.50. The number of imide groups is 1. The van der Waals surface area contributed by atoms with Crippen LogP contribution in [0.4, 0.5) is 0 Å². The number of benzene rings is 2. The van der Waals surface area contributed by atoms with Gasteiger partial charge in [0.05, 0.1) is 0 Å². The largest absolute Gasteiger partial charge is 0.329 e. The number of hydrogen-bond donors (Lipinski definition) is 0. The van der Waals surface area contributed by atoms with Crippen molar-refractivity contribution in [3.8, 4) is 0 Å². The summed E-state index contributed by atoms with van der Waals surface area (Å²) in [5.41, 5.74) is 1.30. The Hall–Kier alpha value is -1.98. The summed E-state index contributed by atoms with van der Waals surface area (Å²) in [7, 11) is 1.34. The summed E-state index contributed by atoms with van der Waals surface area (Å²) in [5, 5.41) is 1.76. The summed E-state index contributed by atoms with van der Waals surface area (Å²) < 4.78 is 2.47. The zero-order chi connectivity index (χ0) is 18.0. The molecule has 1 heterocycles. The van der Waals surface area contributed by atoms with Crippen molar-refractivity contribution in [1.29, 1.82) is 0 Å². The molecule has 3 rings (SSSR count). The Morgan fingerprint density at radius 3 is 2.04 bits per heavy atom. The summed E-state index contributed by atoms with van der Waals surface area (Å²) in [4.78, 5) is 27.1. The molecule has 0 aromatic heterocycles. The third kappa shape index (κ3) is 3.26. The van der Waals surface area contributed by atoms with E-state index >= 15 is 0 Å². The Bertz CT molecular complexity index is 751. The average Bonchev–Trinajstić information content (AvgIpc) is 2.63. The molecule has 0 aliphatic carbocycles. The first kappa shape index (κ1) is 17.8. The van der Waals surface area contributed by atoms with Crippen LogP contribution in [0.5, 0.6) is 0 Å². The van der Waals surface area contributed by atoms with Crippen molar-refractivity contribution in [3.63, 3.8) is 0 Å². The summed E-state index contributed by atoms with van der Waals surface area (Å²) in [6.07, 6.45) is 0.829. The maximum absolute atomic E-state index is 12.8. The molecular weight excluding hydrogens is 328 g/mol. The molecule has 0 saturated carbocycles. The Labute approximate surface area is 151 Å². The zero-order valence-electron chi connectivity index (χ0n) is 15.3. The van der Waals surface area contributed by atoms with Crippen molar-refractivity contribution in [2.45, 2.75) is 32.4 Å². The van der Waals surface area contributed by atoms with Gasteiger partial charge in [0.1, 0.15) is 8.96 Å². The van der Waals surface area contributed by atoms with Crippen LogP contribution in [0, 0.1) is 0 Å². The van der Waals surface area contributed by atoms with Crippen molar-refractivity contribution >= 4 is 31.5 Å². The Morgan fingerprint density at radius 1 is 0.960 bits per heavy atom. The van der Waals surface area contributed by atoms with E-state index in [1.807, 2.05) is 36.4 Å². The van der Waals surface area contributed by atoms with Gasteiger partial charge in [-0.05, 0) is 49.6 Å². The van der Waals surface area contributed by atoms with Gasteiger partial charge in [-0.3, -0.25) is 14.5 Å². The van der Waals surface area contributed by atoms with E-state index in [0.717, 1.165) is 23.7 Å². The van der Waals surface area contributed by atoms with Crippen LogP contribution in [0.1, 0.15) is 41.0 Å². The number of nitrogens with zero attached hydrogens (tertiary/aromatic N) is 2. The van der Waals surface area contributed by atoms with Gasteiger partial charge < -0.3 is 4.57 Å². The molecule has 5 heteroatoms. The first-order valence-electron chi connectivity index (χ1n) is 9.16. The fourth-order valence-electron chi connectivity index (χ4n) is 3.86. The van der Waals surface area contributed by atoms with Crippen LogP contribution >= 0.6 is 0 Å². The Morgan fingerprint density at radius 2 is 1.52 bits per heavy atom. The molecule has 0 saturated heterocycles. The minimum absolute atomic E-state index is 0.156. The first-order chi connectivity index (χ1) is 12.1. The van der Waals surface area contributed by atoms with Gasteiger partial charge in [-0.2, -0.15) is 0 Å². The molecule has 0 N–H and O–H groups in total. The van der Waals surface area contributed by atoms with Gasteiger partial charge in [0.15, 0.2) is 0 Å². The molecule has 2 amide bonds. The van der Waals surface area contributed by atoms with Crippen molar-refractivity contribution in [2.24, 2.45) is 0 Å². The lowest BCUT2D eigenvalue weighted by molar-refractivity contribution is 0.0607. The predicted octanol–water partition coefficient (Wildman–Crippen LogP) is 3.52. The molecular formula is C20H26N2O2Si. The Balaban J connectivity index is 1.77. The second-order valence-electron chi connectivity index (χ2n) is 6.78. The highest BCUT2D eigenvalue weighted by Gasteiger charge is 2.32. The van der Waals surface area contributed by atoms with E-state index in [4.69, 9.17) is 0 Å². The van der Waals surface area contributed by atoms with Gasteiger partial charge in [0.2, 0.25) is 0 Å². The van der Waals surface area contributed by atoms with Gasteiger partial charge in [0.25, 0.3) is 11.8 Å². The van der Waals surface area contributed by atoms with E-state index in [9.17, 15) is 9.59 Å². The second-order valence-corrected chi connectivity index (χ2v) is 10.6. The van der Waals surface area contributed by atoms with Crippen molar-refractivity contribution in [2.75, 3.05) is 20.1 Å². The molecule has 2 aromatic carbocycles. The van der Waals surface area contributed by atoms with Crippen LogP contribution in [0.15, 0.2) is 36.4 Å². The van der Waals surface area contributed by atoms with Crippen LogP contribution in [0.2, 0.25) is 12.1 Å². The predicted molar refractivity (Wildman–Crippen MR) is 105 cm³/mol. The normalized spacial score (nSPS) is 14.2. The van der Waals surface area contributed by atoms with Gasteiger partial charge in [-0.1, -0.05) is 38.1 Å². The van der Waals surface area contributed by atoms with Crippen molar-refractivity contribution in [1.82, 2.24) is 9.47 Å². The Kier molecular flexibility index (Phi) is 5.35. The summed E-state index contributed by atoms with van der Waals surface area (Å²) in [6.45, 7) is 5.95. The minimum Gasteiger partial charge on any atom is -0.329 e. The molecule has 132 valence electrons. The number of carbonyl (C=O) groups excluding carboxylic acids is 2. The van der Waals surface area contributed by atoms with Crippen LogP contribution in [-0.2, 0) is 0 Å². The average molecular weight is 355 g/mol. The van der Waals surface area contributed by atoms with E-state index in [2.05, 4.69) is 25.5 Å². The standard InChI is InChI=1S/C20H26N2O2Si/c1-4-25(5-2)21(3)13-8-14-22-19(23)16-11-6-9-15-10-7-12-17(18(15)16)20(22)24/h6-7,9-12,25H,4-5,8,13-14H2,1-3H3. The molecule has 1 aliphatic rings. The van der Waals surface area contributed by atoms with Crippen LogP contribution in [0.25, 0.3) is 10.8 Å². The van der Waals surface area contributed by atoms with Gasteiger partial charge in [0, 0.05) is 23.1 Å². The molecule has 0 bridgehead atoms. The molecule has 0 atom stereocenters. The third-order valence-corrected chi connectivity index (χ3v) is 8.70. The number of rotatable bonds is 7. The smallest absolute Gasteiger partial charge is 0.261 e. The van der Waals surface area contributed by atoms with Crippen LogP contribution < -0.4 is 0 Å². The quantitative estimate of drug-likeness (QED) is 0.564. The molecule has 0 spiro atoms. The molecule has 1 aliphatic heterocycles. The first-order valence-corrected chi connectivity index (χ1v) is 11.3. The molecule has 0 radical (unpaired) electrons. The fourth-order valence-corrected chi connectivity index (χ4v) is 6.23. The minimum atomic E-state index is -0.838. The van der Waals surface area contributed by atoms with Gasteiger partial charge >= 0.3 is 0 Å². The molecule has 0 fully saturated rings. The third-order valence-electron chi connectivity index (χ3n) is 5.31. The van der Waals surface area contributed by atoms with E-state index < -0.39 is 8.96 Å². The van der Waals surface area contributed by atoms with E-state index in [0.29, 0.717) is 17.7 Å². The molecule has 0 unspecified atom stereocenters. The van der Waals surface area contributed by atoms with E-state index in [1.54, 1.807) is 0 Å². The van der Waals surface area contributed by atoms with E-state index in [1.165, 1.54) is 17.0 Å². The lowest BCUT2D eigenvalue weighted by Gasteiger charge is -2.29. The number of amides is 2. The lowest BCUT2D eigenvalue weighted by Crippen LogP contribution is -2.42. The highest BCUT2D eigenvalue weighted by Crippen LogP contribution is 2.29. The summed E-state index contributed by atoms with van der Waals surface area (Å²) >= 11 is 0. The van der Waals surface area contributed by atoms with Gasteiger partial charge in [-0.15, -0.1) is 0 Å². The SMILES string of the molecule is CC[SiH](CC)N(C)CCCN1C(=O)c2cccc3cccc(c23)C1=O. The van der Waals surface area contributed by atoms with Crippen LogP contribution in [0.3, 0.4) is 0 Å². The highest BCUT2D eigenvalue weighted by molar-refractivity contribution is 6.55. The van der Waals surface area contributed by atoms with Crippen molar-refractivity contribution < 1.29 is 9.59 Å². The summed E-state index contributed by atoms with van der Waals surface area (Å²) in [5.74, 6) is -0.312. The lowest BCUT2D eigenvalue weighted by atomic mass is 9.94. The number of hydrogen-bond acceptors (Lipinski definition) is 3. The maximum Gasteiger partial charge on any atom is 0.261 e. The molecule has 25 heavy (non-hydrogen) atoms. The molecule has 4 nitrogen and oxygen atoms in total. The molecule has 2 aromatic rings. The number of carbonyl (C=O) groups is 2. The monoisotopic (exact) mass is 354 g/mol. The van der Waals surface area contributed by atoms with E-state index in [-0.39, 0.29) is 11.8 Å². The maximum atomic E-state index is 12.8. The summed E-state index contributed by atoms with van der Waals surface area (Å²) in [6, 6.07) is 13.8. The van der Waals surface area contributed by atoms with Crippen molar-refractivity contribution in [3.05, 3.63) is 47.5 Å². The van der Waals surface area contributed by atoms with Crippen LogP contribution in [-0.4, -0.2) is 50.4 Å². The van der Waals surface area contributed by atoms with Gasteiger partial charge in [-0.25, -0.2) is 0 Å². The highest BCUT2D eigenvalue weighted by atomic mass is 28.3. The fraction of sp³-hybridized carbons (Fsp3) is 0.400. The topological polar surface area (TPSA) is 40.6 Å². The zero-order valence-corrected chi connectivity index (χ0v) is 16.4.